The third-order valence-electron chi connectivity index (χ3n) is 2.76. The molecule has 0 saturated heterocycles. The van der Waals surface area contributed by atoms with Crippen LogP contribution in [-0.2, 0) is 14.3 Å². The number of ether oxygens (including phenoxy) is 1. The Hall–Kier alpha value is -1.98. The number of amides is 1. The normalized spacial score (nSPS) is 15.7. The van der Waals surface area contributed by atoms with Crippen LogP contribution in [0.1, 0.15) is 19.8 Å². The van der Waals surface area contributed by atoms with Gasteiger partial charge in [0, 0.05) is 11.8 Å². The fraction of sp³-hybridized carbons (Fsp3) is 0.385. The fourth-order valence-electron chi connectivity index (χ4n) is 1.46. The summed E-state index contributed by atoms with van der Waals surface area (Å²) in [7, 11) is 0. The van der Waals surface area contributed by atoms with Crippen molar-refractivity contribution in [2.75, 3.05) is 5.32 Å². The van der Waals surface area contributed by atoms with Crippen molar-refractivity contribution >= 4 is 17.6 Å². The zero-order valence-electron chi connectivity index (χ0n) is 10.3. The Balaban J connectivity index is 1.91. The van der Waals surface area contributed by atoms with E-state index in [0.717, 1.165) is 25.0 Å². The van der Waals surface area contributed by atoms with Crippen molar-refractivity contribution in [3.63, 3.8) is 0 Å². The minimum absolute atomic E-state index is 0.0986. The van der Waals surface area contributed by atoms with Gasteiger partial charge < -0.3 is 10.1 Å². The van der Waals surface area contributed by atoms with E-state index in [1.54, 1.807) is 0 Å². The molecule has 1 amide bonds. The third kappa shape index (κ3) is 3.49. The maximum atomic E-state index is 12.9. The lowest BCUT2D eigenvalue weighted by Crippen LogP contribution is -2.30. The van der Waals surface area contributed by atoms with Gasteiger partial charge in [-0.05, 0) is 31.9 Å². The van der Waals surface area contributed by atoms with Crippen LogP contribution < -0.4 is 5.32 Å². The quantitative estimate of drug-likeness (QED) is 0.853. The molecule has 0 spiro atoms. The van der Waals surface area contributed by atoms with Crippen LogP contribution in [-0.4, -0.2) is 18.0 Å². The number of carbonyl (C=O) groups excluding carboxylic acids is 2. The number of benzene rings is 1. The van der Waals surface area contributed by atoms with Gasteiger partial charge >= 0.3 is 5.97 Å². The summed E-state index contributed by atoms with van der Waals surface area (Å²) in [5.74, 6) is -3.13. The zero-order valence-corrected chi connectivity index (χ0v) is 10.3. The number of hydrogen-bond donors (Lipinski definition) is 1. The second-order valence-corrected chi connectivity index (χ2v) is 4.47. The van der Waals surface area contributed by atoms with Gasteiger partial charge in [-0.25, -0.2) is 8.78 Å². The van der Waals surface area contributed by atoms with Crippen molar-refractivity contribution in [1.82, 2.24) is 0 Å². The van der Waals surface area contributed by atoms with E-state index in [9.17, 15) is 18.4 Å². The highest BCUT2D eigenvalue weighted by Gasteiger charge is 2.33. The van der Waals surface area contributed by atoms with Gasteiger partial charge in [0.1, 0.15) is 0 Å². The van der Waals surface area contributed by atoms with Gasteiger partial charge in [0.05, 0.1) is 5.92 Å². The standard InChI is InChI=1S/C13H13F2NO3/c1-7(19-13(18)8-2-3-8)12(17)16-9-4-5-10(14)11(15)6-9/h4-8H,2-3H2,1H3,(H,16,17)/t7-/m0/s1. The van der Waals surface area contributed by atoms with Crippen LogP contribution in [0.2, 0.25) is 0 Å². The first kappa shape index (κ1) is 13.5. The van der Waals surface area contributed by atoms with Crippen LogP contribution in [0.3, 0.4) is 0 Å². The molecule has 1 fully saturated rings. The lowest BCUT2D eigenvalue weighted by Gasteiger charge is -2.13. The molecular formula is C13H13F2NO3. The van der Waals surface area contributed by atoms with Gasteiger partial charge in [0.15, 0.2) is 17.7 Å². The summed E-state index contributed by atoms with van der Waals surface area (Å²) >= 11 is 0. The highest BCUT2D eigenvalue weighted by molar-refractivity contribution is 5.95. The molecule has 0 aliphatic heterocycles. The SMILES string of the molecule is C[C@H](OC(=O)C1CC1)C(=O)Nc1ccc(F)c(F)c1. The third-order valence-corrected chi connectivity index (χ3v) is 2.76. The van der Waals surface area contributed by atoms with Crippen LogP contribution in [0.15, 0.2) is 18.2 Å². The van der Waals surface area contributed by atoms with Crippen LogP contribution in [0.25, 0.3) is 0 Å². The molecule has 1 aromatic carbocycles. The molecule has 1 aliphatic rings. The molecule has 0 radical (unpaired) electrons. The van der Waals surface area contributed by atoms with Crippen molar-refractivity contribution in [3.8, 4) is 0 Å². The van der Waals surface area contributed by atoms with E-state index in [-0.39, 0.29) is 11.6 Å². The lowest BCUT2D eigenvalue weighted by atomic mass is 10.2. The summed E-state index contributed by atoms with van der Waals surface area (Å²) in [6, 6.07) is 3.00. The highest BCUT2D eigenvalue weighted by atomic mass is 19.2. The van der Waals surface area contributed by atoms with Crippen molar-refractivity contribution in [1.29, 1.82) is 0 Å². The van der Waals surface area contributed by atoms with E-state index in [1.165, 1.54) is 13.0 Å². The van der Waals surface area contributed by atoms with E-state index < -0.39 is 29.6 Å². The van der Waals surface area contributed by atoms with Crippen LogP contribution in [0, 0.1) is 17.6 Å². The molecule has 0 aromatic heterocycles. The largest absolute Gasteiger partial charge is 0.452 e. The number of hydrogen-bond acceptors (Lipinski definition) is 3. The average Bonchev–Trinajstić information content (AvgIpc) is 3.17. The molecule has 0 unspecified atom stereocenters. The van der Waals surface area contributed by atoms with Gasteiger partial charge in [-0.2, -0.15) is 0 Å². The van der Waals surface area contributed by atoms with Crippen LogP contribution >= 0.6 is 0 Å². The molecular weight excluding hydrogens is 256 g/mol. The summed E-state index contributed by atoms with van der Waals surface area (Å²) in [6.45, 7) is 1.43. The summed E-state index contributed by atoms with van der Waals surface area (Å²) in [5.41, 5.74) is 0.109. The highest BCUT2D eigenvalue weighted by Crippen LogP contribution is 2.30. The summed E-state index contributed by atoms with van der Waals surface area (Å²) in [6.07, 6.45) is 0.605. The van der Waals surface area contributed by atoms with E-state index in [0.29, 0.717) is 0 Å². The van der Waals surface area contributed by atoms with Crippen molar-refractivity contribution < 1.29 is 23.1 Å². The molecule has 1 saturated carbocycles. The van der Waals surface area contributed by atoms with Crippen molar-refractivity contribution in [3.05, 3.63) is 29.8 Å². The first-order valence-corrected chi connectivity index (χ1v) is 5.94. The first-order valence-electron chi connectivity index (χ1n) is 5.94. The number of carbonyl (C=O) groups is 2. The van der Waals surface area contributed by atoms with Gasteiger partial charge in [0.2, 0.25) is 0 Å². The Morgan fingerprint density at radius 3 is 2.58 bits per heavy atom. The Morgan fingerprint density at radius 2 is 2.00 bits per heavy atom. The van der Waals surface area contributed by atoms with E-state index in [1.807, 2.05) is 0 Å². The predicted octanol–water partition coefficient (Wildman–Crippen LogP) is 2.25. The number of halogens is 2. The van der Waals surface area contributed by atoms with Crippen LogP contribution in [0.5, 0.6) is 0 Å². The second kappa shape index (κ2) is 5.34. The molecule has 1 aromatic rings. The Morgan fingerprint density at radius 1 is 1.32 bits per heavy atom. The van der Waals surface area contributed by atoms with Gasteiger partial charge in [-0.15, -0.1) is 0 Å². The molecule has 2 rings (SSSR count). The van der Waals surface area contributed by atoms with E-state index in [2.05, 4.69) is 5.32 Å². The molecule has 1 aliphatic carbocycles. The van der Waals surface area contributed by atoms with Crippen LogP contribution in [0.4, 0.5) is 14.5 Å². The summed E-state index contributed by atoms with van der Waals surface area (Å²) in [5, 5.41) is 2.35. The molecule has 0 heterocycles. The number of nitrogens with one attached hydrogen (secondary N) is 1. The fourth-order valence-corrected chi connectivity index (χ4v) is 1.46. The Labute approximate surface area is 108 Å². The minimum Gasteiger partial charge on any atom is -0.452 e. The smallest absolute Gasteiger partial charge is 0.309 e. The van der Waals surface area contributed by atoms with Crippen molar-refractivity contribution in [2.24, 2.45) is 5.92 Å². The molecule has 4 nitrogen and oxygen atoms in total. The second-order valence-electron chi connectivity index (χ2n) is 4.47. The summed E-state index contributed by atoms with van der Waals surface area (Å²) in [4.78, 5) is 23.0. The monoisotopic (exact) mass is 269 g/mol. The number of rotatable bonds is 4. The minimum atomic E-state index is -1.06. The van der Waals surface area contributed by atoms with Crippen molar-refractivity contribution in [2.45, 2.75) is 25.9 Å². The van der Waals surface area contributed by atoms with Gasteiger partial charge in [0.25, 0.3) is 5.91 Å². The van der Waals surface area contributed by atoms with Gasteiger partial charge in [-0.1, -0.05) is 0 Å². The average molecular weight is 269 g/mol. The number of anilines is 1. The van der Waals surface area contributed by atoms with Gasteiger partial charge in [-0.3, -0.25) is 9.59 Å². The Kier molecular flexibility index (Phi) is 3.78. The zero-order chi connectivity index (χ0) is 14.0. The topological polar surface area (TPSA) is 55.4 Å². The first-order chi connectivity index (χ1) is 8.97. The lowest BCUT2D eigenvalue weighted by molar-refractivity contribution is -0.154. The molecule has 1 N–H and O–H groups in total. The van der Waals surface area contributed by atoms with E-state index in [4.69, 9.17) is 4.74 Å². The van der Waals surface area contributed by atoms with E-state index >= 15 is 0 Å². The molecule has 102 valence electrons. The Bertz CT molecular complexity index is 515. The maximum absolute atomic E-state index is 12.9. The molecule has 6 heteroatoms. The molecule has 19 heavy (non-hydrogen) atoms. The predicted molar refractivity (Wildman–Crippen MR) is 63.3 cm³/mol. The number of esters is 1. The molecule has 0 bridgehead atoms. The summed E-state index contributed by atoms with van der Waals surface area (Å²) < 4.78 is 30.6. The molecule has 1 atom stereocenters. The maximum Gasteiger partial charge on any atom is 0.309 e.